The fraction of sp³-hybridized carbons (Fsp3) is 0.308. The predicted molar refractivity (Wildman–Crippen MR) is 128 cm³/mol. The first-order valence-corrected chi connectivity index (χ1v) is 11.1. The Bertz CT molecular complexity index is 1450. The third kappa shape index (κ3) is 3.83. The molecule has 1 saturated heterocycles. The molecule has 0 spiro atoms. The summed E-state index contributed by atoms with van der Waals surface area (Å²) in [7, 11) is 2.04. The van der Waals surface area contributed by atoms with E-state index in [1.807, 2.05) is 62.5 Å². The standard InChI is InChI=1S/C26H25N5O2/c1-17-19-7-4-6-10-23(19)31(26(32)21(17)13-27)15-24-28-22-9-5-3-8-20(22)25(29-24)30(2)14-18-11-12-33-16-18/h3-10,18H,11-12,14-16H2,1-2H3. The van der Waals surface area contributed by atoms with Crippen LogP contribution in [0.3, 0.4) is 0 Å². The van der Waals surface area contributed by atoms with Crippen LogP contribution in [0.4, 0.5) is 5.82 Å². The van der Waals surface area contributed by atoms with Gasteiger partial charge in [-0.15, -0.1) is 0 Å². The number of aromatic nitrogens is 3. The monoisotopic (exact) mass is 439 g/mol. The van der Waals surface area contributed by atoms with E-state index in [1.165, 1.54) is 0 Å². The molecule has 5 rings (SSSR count). The SMILES string of the molecule is Cc1c(C#N)c(=O)n(Cc2nc(N(C)CC3CCOC3)c3ccccc3n2)c2ccccc12. The van der Waals surface area contributed by atoms with Crippen molar-refractivity contribution in [2.45, 2.75) is 19.9 Å². The van der Waals surface area contributed by atoms with E-state index in [9.17, 15) is 10.1 Å². The molecule has 4 aromatic rings. The van der Waals surface area contributed by atoms with Crippen LogP contribution in [-0.4, -0.2) is 41.3 Å². The maximum Gasteiger partial charge on any atom is 0.269 e. The molecule has 0 bridgehead atoms. The van der Waals surface area contributed by atoms with Gasteiger partial charge in [0.1, 0.15) is 17.5 Å². The lowest BCUT2D eigenvalue weighted by Gasteiger charge is -2.23. The third-order valence-electron chi connectivity index (χ3n) is 6.39. The molecule has 0 radical (unpaired) electrons. The Balaban J connectivity index is 1.63. The fourth-order valence-corrected chi connectivity index (χ4v) is 4.67. The second-order valence-electron chi connectivity index (χ2n) is 8.61. The minimum Gasteiger partial charge on any atom is -0.381 e. The Hall–Kier alpha value is -3.76. The molecular formula is C26H25N5O2. The van der Waals surface area contributed by atoms with Gasteiger partial charge in [0.15, 0.2) is 5.82 Å². The molecule has 166 valence electrons. The van der Waals surface area contributed by atoms with Crippen LogP contribution < -0.4 is 10.5 Å². The zero-order valence-electron chi connectivity index (χ0n) is 18.8. The van der Waals surface area contributed by atoms with Crippen molar-refractivity contribution in [3.63, 3.8) is 0 Å². The number of fused-ring (bicyclic) bond motifs is 2. The van der Waals surface area contributed by atoms with Crippen LogP contribution in [0, 0.1) is 24.2 Å². The Morgan fingerprint density at radius 3 is 2.67 bits per heavy atom. The number of rotatable bonds is 5. The molecule has 7 nitrogen and oxygen atoms in total. The average Bonchev–Trinajstić information content (AvgIpc) is 3.34. The van der Waals surface area contributed by atoms with Gasteiger partial charge in [-0.05, 0) is 37.1 Å². The van der Waals surface area contributed by atoms with Crippen LogP contribution in [0.15, 0.2) is 53.3 Å². The van der Waals surface area contributed by atoms with E-state index >= 15 is 0 Å². The van der Waals surface area contributed by atoms with Crippen molar-refractivity contribution in [3.8, 4) is 6.07 Å². The van der Waals surface area contributed by atoms with Crippen molar-refractivity contribution >= 4 is 27.6 Å². The quantitative estimate of drug-likeness (QED) is 0.472. The van der Waals surface area contributed by atoms with E-state index in [0.29, 0.717) is 17.3 Å². The summed E-state index contributed by atoms with van der Waals surface area (Å²) >= 11 is 0. The first-order valence-electron chi connectivity index (χ1n) is 11.1. The normalized spacial score (nSPS) is 15.7. The summed E-state index contributed by atoms with van der Waals surface area (Å²) in [6, 6.07) is 17.7. The number of aryl methyl sites for hydroxylation is 1. The number of hydrogen-bond acceptors (Lipinski definition) is 6. The van der Waals surface area contributed by atoms with Crippen LogP contribution in [0.25, 0.3) is 21.8 Å². The van der Waals surface area contributed by atoms with Gasteiger partial charge in [-0.25, -0.2) is 9.97 Å². The first kappa shape index (κ1) is 21.1. The maximum absolute atomic E-state index is 13.2. The molecule has 1 unspecified atom stereocenters. The Kier molecular flexibility index (Phi) is 5.53. The Morgan fingerprint density at radius 1 is 1.15 bits per heavy atom. The van der Waals surface area contributed by atoms with Crippen molar-refractivity contribution in [1.82, 2.24) is 14.5 Å². The molecular weight excluding hydrogens is 414 g/mol. The molecule has 7 heteroatoms. The number of nitrogens with zero attached hydrogens (tertiary/aromatic N) is 5. The molecule has 3 heterocycles. The van der Waals surface area contributed by atoms with Gasteiger partial charge in [0.2, 0.25) is 0 Å². The first-order chi connectivity index (χ1) is 16.1. The number of hydrogen-bond donors (Lipinski definition) is 0. The molecule has 0 amide bonds. The molecule has 1 fully saturated rings. The lowest BCUT2D eigenvalue weighted by Crippen LogP contribution is -2.28. The molecule has 1 aliphatic rings. The minimum absolute atomic E-state index is 0.160. The highest BCUT2D eigenvalue weighted by atomic mass is 16.5. The van der Waals surface area contributed by atoms with E-state index in [2.05, 4.69) is 11.0 Å². The van der Waals surface area contributed by atoms with E-state index in [0.717, 1.165) is 53.8 Å². The topological polar surface area (TPSA) is 84.0 Å². The molecule has 0 aliphatic carbocycles. The average molecular weight is 440 g/mol. The highest BCUT2D eigenvalue weighted by molar-refractivity contribution is 5.89. The highest BCUT2D eigenvalue weighted by Gasteiger charge is 2.21. The second-order valence-corrected chi connectivity index (χ2v) is 8.61. The van der Waals surface area contributed by atoms with Gasteiger partial charge >= 0.3 is 0 Å². The fourth-order valence-electron chi connectivity index (χ4n) is 4.67. The molecule has 33 heavy (non-hydrogen) atoms. The number of benzene rings is 2. The molecule has 1 aliphatic heterocycles. The van der Waals surface area contributed by atoms with Crippen molar-refractivity contribution in [2.75, 3.05) is 31.7 Å². The number of para-hydroxylation sites is 2. The van der Waals surface area contributed by atoms with E-state index in [4.69, 9.17) is 14.7 Å². The lowest BCUT2D eigenvalue weighted by atomic mass is 10.0. The van der Waals surface area contributed by atoms with Crippen molar-refractivity contribution in [3.05, 3.63) is 75.8 Å². The maximum atomic E-state index is 13.2. The second kappa shape index (κ2) is 8.64. The number of nitriles is 1. The third-order valence-corrected chi connectivity index (χ3v) is 6.39. The summed E-state index contributed by atoms with van der Waals surface area (Å²) in [6.45, 7) is 4.42. The Morgan fingerprint density at radius 2 is 1.91 bits per heavy atom. The van der Waals surface area contributed by atoms with Crippen molar-refractivity contribution in [2.24, 2.45) is 5.92 Å². The number of pyridine rings is 1. The molecule has 1 atom stereocenters. The molecule has 0 N–H and O–H groups in total. The largest absolute Gasteiger partial charge is 0.381 e. The van der Waals surface area contributed by atoms with Gasteiger partial charge in [-0.3, -0.25) is 9.36 Å². The van der Waals surface area contributed by atoms with E-state index < -0.39 is 0 Å². The summed E-state index contributed by atoms with van der Waals surface area (Å²) < 4.78 is 7.16. The van der Waals surface area contributed by atoms with Crippen LogP contribution >= 0.6 is 0 Å². The van der Waals surface area contributed by atoms with Gasteiger partial charge in [-0.2, -0.15) is 5.26 Å². The predicted octanol–water partition coefficient (Wildman–Crippen LogP) is 3.65. The summed E-state index contributed by atoms with van der Waals surface area (Å²) in [6.07, 6.45) is 1.04. The Labute approximate surface area is 191 Å². The van der Waals surface area contributed by atoms with Crippen LogP contribution in [-0.2, 0) is 11.3 Å². The van der Waals surface area contributed by atoms with Crippen LogP contribution in [0.5, 0.6) is 0 Å². The summed E-state index contributed by atoms with van der Waals surface area (Å²) in [4.78, 5) is 25.0. The summed E-state index contributed by atoms with van der Waals surface area (Å²) in [5.74, 6) is 1.85. The molecule has 2 aromatic carbocycles. The van der Waals surface area contributed by atoms with Gasteiger partial charge in [-0.1, -0.05) is 30.3 Å². The van der Waals surface area contributed by atoms with Gasteiger partial charge in [0, 0.05) is 36.9 Å². The van der Waals surface area contributed by atoms with Gasteiger partial charge < -0.3 is 9.64 Å². The molecule has 2 aromatic heterocycles. The smallest absolute Gasteiger partial charge is 0.269 e. The molecule has 0 saturated carbocycles. The van der Waals surface area contributed by atoms with Crippen molar-refractivity contribution < 1.29 is 4.74 Å². The number of ether oxygens (including phenoxy) is 1. The zero-order valence-corrected chi connectivity index (χ0v) is 18.8. The lowest BCUT2D eigenvalue weighted by molar-refractivity contribution is 0.186. The van der Waals surface area contributed by atoms with Crippen molar-refractivity contribution in [1.29, 1.82) is 5.26 Å². The highest BCUT2D eigenvalue weighted by Crippen LogP contribution is 2.26. The van der Waals surface area contributed by atoms with Gasteiger partial charge in [0.05, 0.1) is 24.2 Å². The number of anilines is 1. The minimum atomic E-state index is -0.316. The van der Waals surface area contributed by atoms with Gasteiger partial charge in [0.25, 0.3) is 5.56 Å². The summed E-state index contributed by atoms with van der Waals surface area (Å²) in [5, 5.41) is 11.5. The zero-order chi connectivity index (χ0) is 22.9. The van der Waals surface area contributed by atoms with Crippen LogP contribution in [0.1, 0.15) is 23.4 Å². The van der Waals surface area contributed by atoms with E-state index in [-0.39, 0.29) is 17.7 Å². The van der Waals surface area contributed by atoms with Crippen LogP contribution in [0.2, 0.25) is 0 Å². The van der Waals surface area contributed by atoms with E-state index in [1.54, 1.807) is 4.57 Å². The summed E-state index contributed by atoms with van der Waals surface area (Å²) in [5.41, 5.74) is 2.15.